The molecule has 0 bridgehead atoms. The molecule has 0 aliphatic rings. The molecule has 2 rings (SSSR count). The number of aromatic nitrogens is 1. The Morgan fingerprint density at radius 2 is 1.94 bits per heavy atom. The molecule has 0 spiro atoms. The van der Waals surface area contributed by atoms with Crippen LogP contribution in [0.5, 0.6) is 0 Å². The Hall–Kier alpha value is -2.20. The quantitative estimate of drug-likeness (QED) is 0.840. The molecule has 0 fully saturated rings. The van der Waals surface area contributed by atoms with Crippen LogP contribution >= 0.6 is 0 Å². The van der Waals surface area contributed by atoms with E-state index in [1.54, 1.807) is 24.4 Å². The number of nitrogens with one attached hydrogen (secondary N) is 1. The Bertz CT molecular complexity index is 511. The predicted molar refractivity (Wildman–Crippen MR) is 66.5 cm³/mol. The minimum Gasteiger partial charge on any atom is -0.326 e. The van der Waals surface area contributed by atoms with E-state index in [-0.39, 0.29) is 5.91 Å². The third-order valence-electron chi connectivity index (χ3n) is 2.38. The van der Waals surface area contributed by atoms with E-state index in [0.717, 1.165) is 11.3 Å². The van der Waals surface area contributed by atoms with Crippen molar-refractivity contribution in [3.8, 4) is 0 Å². The number of rotatable bonds is 3. The van der Waals surface area contributed by atoms with Gasteiger partial charge in [-0.1, -0.05) is 24.3 Å². The first-order chi connectivity index (χ1) is 8.31. The van der Waals surface area contributed by atoms with Gasteiger partial charge in [-0.3, -0.25) is 9.78 Å². The number of nitrogens with two attached hydrogens (primary N) is 1. The number of pyridine rings is 1. The van der Waals surface area contributed by atoms with Crippen LogP contribution in [0.1, 0.15) is 16.1 Å². The molecule has 86 valence electrons. The zero-order chi connectivity index (χ0) is 12.1. The molecule has 0 saturated heterocycles. The molecule has 0 unspecified atom stereocenters. The van der Waals surface area contributed by atoms with Crippen molar-refractivity contribution >= 4 is 11.6 Å². The number of benzene rings is 1. The first kappa shape index (κ1) is 11.3. The average molecular weight is 227 g/mol. The van der Waals surface area contributed by atoms with Crippen LogP contribution in [0.3, 0.4) is 0 Å². The molecule has 1 amide bonds. The molecule has 1 aromatic carbocycles. The van der Waals surface area contributed by atoms with Gasteiger partial charge in [0.25, 0.3) is 5.91 Å². The highest BCUT2D eigenvalue weighted by atomic mass is 16.1. The van der Waals surface area contributed by atoms with Gasteiger partial charge in [0.2, 0.25) is 0 Å². The minimum absolute atomic E-state index is 0.230. The molecule has 4 heteroatoms. The van der Waals surface area contributed by atoms with Gasteiger partial charge >= 0.3 is 0 Å². The minimum atomic E-state index is -0.230. The summed E-state index contributed by atoms with van der Waals surface area (Å²) in [6.45, 7) is 0.388. The van der Waals surface area contributed by atoms with Crippen molar-refractivity contribution < 1.29 is 4.79 Å². The number of carbonyl (C=O) groups is 1. The number of nitrogens with zero attached hydrogens (tertiary/aromatic N) is 1. The van der Waals surface area contributed by atoms with Crippen LogP contribution in [0, 0.1) is 0 Å². The Labute approximate surface area is 99.5 Å². The lowest BCUT2D eigenvalue weighted by atomic mass is 10.1. The van der Waals surface area contributed by atoms with Crippen LogP contribution in [0.15, 0.2) is 48.7 Å². The van der Waals surface area contributed by atoms with E-state index in [0.29, 0.717) is 12.2 Å². The maximum absolute atomic E-state index is 11.9. The third-order valence-corrected chi connectivity index (χ3v) is 2.38. The predicted octanol–water partition coefficient (Wildman–Crippen LogP) is 1.79. The number of amides is 1. The van der Waals surface area contributed by atoms with Gasteiger partial charge < -0.3 is 11.1 Å². The van der Waals surface area contributed by atoms with Crippen LogP contribution < -0.4 is 11.1 Å². The normalized spacial score (nSPS) is 9.94. The molecule has 0 saturated carbocycles. The Balaban J connectivity index is 2.19. The number of anilines is 1. The fourth-order valence-corrected chi connectivity index (χ4v) is 1.50. The third kappa shape index (κ3) is 2.68. The van der Waals surface area contributed by atoms with Gasteiger partial charge in [0.15, 0.2) is 0 Å². The highest BCUT2D eigenvalue weighted by Crippen LogP contribution is 2.14. The molecule has 0 aliphatic carbocycles. The fraction of sp³-hybridized carbons (Fsp3) is 0.0769. The highest BCUT2D eigenvalue weighted by Gasteiger charge is 2.08. The van der Waals surface area contributed by atoms with E-state index in [1.807, 2.05) is 24.3 Å². The maximum Gasteiger partial charge on any atom is 0.274 e. The summed E-state index contributed by atoms with van der Waals surface area (Å²) in [5.74, 6) is -0.230. The smallest absolute Gasteiger partial charge is 0.274 e. The largest absolute Gasteiger partial charge is 0.326 e. The summed E-state index contributed by atoms with van der Waals surface area (Å²) in [5, 5.41) is 2.80. The molecule has 0 atom stereocenters. The van der Waals surface area contributed by atoms with E-state index in [2.05, 4.69) is 10.3 Å². The average Bonchev–Trinajstić information content (AvgIpc) is 2.40. The van der Waals surface area contributed by atoms with Gasteiger partial charge in [0, 0.05) is 18.4 Å². The van der Waals surface area contributed by atoms with Gasteiger partial charge in [-0.15, -0.1) is 0 Å². The standard InChI is InChI=1S/C13H13N3O/c14-9-10-5-1-2-6-11(10)16-13(17)12-7-3-4-8-15-12/h1-8H,9,14H2,(H,16,17). The number of carbonyl (C=O) groups excluding carboxylic acids is 1. The van der Waals surface area contributed by atoms with Crippen molar-refractivity contribution in [3.63, 3.8) is 0 Å². The summed E-state index contributed by atoms with van der Waals surface area (Å²) in [5.41, 5.74) is 7.61. The second kappa shape index (κ2) is 5.23. The van der Waals surface area contributed by atoms with E-state index in [1.165, 1.54) is 0 Å². The van der Waals surface area contributed by atoms with Crippen LogP contribution in [0.2, 0.25) is 0 Å². The fourth-order valence-electron chi connectivity index (χ4n) is 1.50. The molecule has 1 aromatic heterocycles. The second-order valence-corrected chi connectivity index (χ2v) is 3.53. The molecule has 0 radical (unpaired) electrons. The van der Waals surface area contributed by atoms with Gasteiger partial charge in [-0.05, 0) is 23.8 Å². The summed E-state index contributed by atoms with van der Waals surface area (Å²) < 4.78 is 0. The van der Waals surface area contributed by atoms with Crippen LogP contribution in [-0.4, -0.2) is 10.9 Å². The number of hydrogen-bond acceptors (Lipinski definition) is 3. The van der Waals surface area contributed by atoms with Gasteiger partial charge in [-0.2, -0.15) is 0 Å². The highest BCUT2D eigenvalue weighted by molar-refractivity contribution is 6.03. The number of hydrogen-bond donors (Lipinski definition) is 2. The van der Waals surface area contributed by atoms with E-state index in [9.17, 15) is 4.79 Å². The number of para-hydroxylation sites is 1. The van der Waals surface area contributed by atoms with E-state index < -0.39 is 0 Å². The van der Waals surface area contributed by atoms with Gasteiger partial charge in [-0.25, -0.2) is 0 Å². The summed E-state index contributed by atoms with van der Waals surface area (Å²) in [4.78, 5) is 15.9. The zero-order valence-electron chi connectivity index (χ0n) is 9.26. The molecule has 3 N–H and O–H groups in total. The van der Waals surface area contributed by atoms with Crippen molar-refractivity contribution in [1.29, 1.82) is 0 Å². The summed E-state index contributed by atoms with van der Waals surface area (Å²) in [7, 11) is 0. The molecule has 0 aliphatic heterocycles. The van der Waals surface area contributed by atoms with Crippen molar-refractivity contribution in [3.05, 3.63) is 59.9 Å². The molecular formula is C13H13N3O. The lowest BCUT2D eigenvalue weighted by Crippen LogP contribution is -2.15. The molecule has 2 aromatic rings. The van der Waals surface area contributed by atoms with Crippen LogP contribution in [0.25, 0.3) is 0 Å². The lowest BCUT2D eigenvalue weighted by molar-refractivity contribution is 0.102. The van der Waals surface area contributed by atoms with Crippen molar-refractivity contribution in [2.45, 2.75) is 6.54 Å². The first-order valence-electron chi connectivity index (χ1n) is 5.31. The summed E-state index contributed by atoms with van der Waals surface area (Å²) >= 11 is 0. The zero-order valence-corrected chi connectivity index (χ0v) is 9.26. The Morgan fingerprint density at radius 3 is 2.65 bits per heavy atom. The monoisotopic (exact) mass is 227 g/mol. The van der Waals surface area contributed by atoms with Crippen LogP contribution in [-0.2, 0) is 6.54 Å². The van der Waals surface area contributed by atoms with Gasteiger partial charge in [0.1, 0.15) is 5.69 Å². The van der Waals surface area contributed by atoms with Crippen molar-refractivity contribution in [2.24, 2.45) is 5.73 Å². The SMILES string of the molecule is NCc1ccccc1NC(=O)c1ccccn1. The maximum atomic E-state index is 11.9. The Morgan fingerprint density at radius 1 is 1.18 bits per heavy atom. The Kier molecular flexibility index (Phi) is 3.47. The topological polar surface area (TPSA) is 68.0 Å². The van der Waals surface area contributed by atoms with Crippen LogP contribution in [0.4, 0.5) is 5.69 Å². The molecule has 17 heavy (non-hydrogen) atoms. The molecular weight excluding hydrogens is 214 g/mol. The summed E-state index contributed by atoms with van der Waals surface area (Å²) in [6, 6.07) is 12.7. The first-order valence-corrected chi connectivity index (χ1v) is 5.31. The van der Waals surface area contributed by atoms with Crippen molar-refractivity contribution in [2.75, 3.05) is 5.32 Å². The lowest BCUT2D eigenvalue weighted by Gasteiger charge is -2.08. The second-order valence-electron chi connectivity index (χ2n) is 3.53. The van der Waals surface area contributed by atoms with E-state index in [4.69, 9.17) is 5.73 Å². The van der Waals surface area contributed by atoms with E-state index >= 15 is 0 Å². The molecule has 1 heterocycles. The van der Waals surface area contributed by atoms with Crippen molar-refractivity contribution in [1.82, 2.24) is 4.98 Å². The van der Waals surface area contributed by atoms with Gasteiger partial charge in [0.05, 0.1) is 0 Å². The summed E-state index contributed by atoms with van der Waals surface area (Å²) in [6.07, 6.45) is 1.59. The molecule has 4 nitrogen and oxygen atoms in total.